The minimum atomic E-state index is -0.238. The van der Waals surface area contributed by atoms with Gasteiger partial charge in [-0.15, -0.1) is 0 Å². The van der Waals surface area contributed by atoms with E-state index in [0.717, 1.165) is 22.9 Å². The van der Waals surface area contributed by atoms with Crippen molar-refractivity contribution >= 4 is 28.3 Å². The molecule has 0 spiro atoms. The normalized spacial score (nSPS) is 19.2. The molecule has 0 unspecified atom stereocenters. The van der Waals surface area contributed by atoms with Gasteiger partial charge < -0.3 is 19.5 Å². The van der Waals surface area contributed by atoms with Crippen molar-refractivity contribution in [2.45, 2.75) is 25.3 Å². The van der Waals surface area contributed by atoms with E-state index in [1.165, 1.54) is 7.11 Å². The lowest BCUT2D eigenvalue weighted by Crippen LogP contribution is -2.49. The molecule has 1 N–H and O–H groups in total. The van der Waals surface area contributed by atoms with Crippen LogP contribution in [0.5, 0.6) is 0 Å². The number of benzene rings is 2. The highest BCUT2D eigenvalue weighted by molar-refractivity contribution is 5.98. The number of carbonyl (C=O) groups excluding carboxylic acids is 2. The molecule has 2 atom stereocenters. The van der Waals surface area contributed by atoms with Crippen LogP contribution in [-0.2, 0) is 16.1 Å². The number of ether oxygens (including phenoxy) is 1. The topological polar surface area (TPSA) is 80.6 Å². The van der Waals surface area contributed by atoms with Crippen LogP contribution in [-0.4, -0.2) is 48.1 Å². The van der Waals surface area contributed by atoms with E-state index in [1.807, 2.05) is 53.4 Å². The first-order valence-electron chi connectivity index (χ1n) is 11.3. The van der Waals surface area contributed by atoms with Crippen molar-refractivity contribution in [3.63, 3.8) is 0 Å². The predicted molar refractivity (Wildman–Crippen MR) is 127 cm³/mol. The van der Waals surface area contributed by atoms with Gasteiger partial charge >= 0.3 is 0 Å². The first-order valence-corrected chi connectivity index (χ1v) is 11.3. The highest BCUT2D eigenvalue weighted by Crippen LogP contribution is 2.36. The highest BCUT2D eigenvalue weighted by Gasteiger charge is 2.37. The largest absolute Gasteiger partial charge is 0.384 e. The van der Waals surface area contributed by atoms with Gasteiger partial charge in [-0.1, -0.05) is 30.3 Å². The van der Waals surface area contributed by atoms with Crippen molar-refractivity contribution in [2.24, 2.45) is 5.92 Å². The van der Waals surface area contributed by atoms with Crippen LogP contribution in [0.3, 0.4) is 0 Å². The highest BCUT2D eigenvalue weighted by atomic mass is 16.5. The van der Waals surface area contributed by atoms with Crippen LogP contribution >= 0.6 is 0 Å². The van der Waals surface area contributed by atoms with Crippen molar-refractivity contribution in [1.29, 1.82) is 0 Å². The van der Waals surface area contributed by atoms with Crippen LogP contribution < -0.4 is 10.9 Å². The van der Waals surface area contributed by atoms with E-state index in [-0.39, 0.29) is 35.6 Å². The zero-order valence-corrected chi connectivity index (χ0v) is 18.6. The fourth-order valence-corrected chi connectivity index (χ4v) is 5.12. The van der Waals surface area contributed by atoms with E-state index in [4.69, 9.17) is 4.74 Å². The SMILES string of the molecule is COCCC(=O)Nc1ccc2n(c1=O)C[C@@H]1C[C@@H]2CN(C(=O)c2ccc3ccccc3c2)C1. The maximum Gasteiger partial charge on any atom is 0.274 e. The van der Waals surface area contributed by atoms with Crippen molar-refractivity contribution in [1.82, 2.24) is 9.47 Å². The molecule has 1 saturated heterocycles. The fraction of sp³-hybridized carbons (Fsp3) is 0.346. The Morgan fingerprint density at radius 3 is 2.67 bits per heavy atom. The molecule has 0 radical (unpaired) electrons. The van der Waals surface area contributed by atoms with Crippen LogP contribution in [0.1, 0.15) is 34.8 Å². The molecule has 2 aromatic carbocycles. The van der Waals surface area contributed by atoms with Gasteiger partial charge in [-0.05, 0) is 47.4 Å². The van der Waals surface area contributed by atoms with E-state index in [9.17, 15) is 14.4 Å². The molecule has 1 fully saturated rings. The molecule has 2 aliphatic rings. The van der Waals surface area contributed by atoms with E-state index < -0.39 is 0 Å². The van der Waals surface area contributed by atoms with Crippen LogP contribution in [0, 0.1) is 5.92 Å². The van der Waals surface area contributed by atoms with Gasteiger partial charge in [0.2, 0.25) is 5.91 Å². The molecule has 2 aliphatic heterocycles. The van der Waals surface area contributed by atoms with Gasteiger partial charge in [0, 0.05) is 43.9 Å². The zero-order valence-electron chi connectivity index (χ0n) is 18.6. The first kappa shape index (κ1) is 21.4. The average Bonchev–Trinajstić information content (AvgIpc) is 2.84. The predicted octanol–water partition coefficient (Wildman–Crippen LogP) is 3.24. The second-order valence-electron chi connectivity index (χ2n) is 8.95. The fourth-order valence-electron chi connectivity index (χ4n) is 5.12. The van der Waals surface area contributed by atoms with Crippen molar-refractivity contribution < 1.29 is 14.3 Å². The van der Waals surface area contributed by atoms with Gasteiger partial charge in [0.25, 0.3) is 11.5 Å². The molecular weight excluding hydrogens is 418 g/mol. The number of pyridine rings is 1. The van der Waals surface area contributed by atoms with Gasteiger partial charge in [-0.2, -0.15) is 0 Å². The summed E-state index contributed by atoms with van der Waals surface area (Å²) >= 11 is 0. The third-order valence-electron chi connectivity index (χ3n) is 6.70. The Balaban J connectivity index is 1.36. The average molecular weight is 446 g/mol. The maximum absolute atomic E-state index is 13.3. The summed E-state index contributed by atoms with van der Waals surface area (Å²) < 4.78 is 6.71. The van der Waals surface area contributed by atoms with Crippen LogP contribution in [0.4, 0.5) is 5.69 Å². The number of likely N-dealkylation sites (tertiary alicyclic amines) is 1. The number of methoxy groups -OCH3 is 1. The molecule has 0 saturated carbocycles. The molecule has 3 aromatic rings. The van der Waals surface area contributed by atoms with Gasteiger partial charge in [-0.25, -0.2) is 0 Å². The van der Waals surface area contributed by atoms with Crippen LogP contribution in [0.2, 0.25) is 0 Å². The lowest BCUT2D eigenvalue weighted by atomic mass is 9.83. The Hall–Kier alpha value is -3.45. The smallest absolute Gasteiger partial charge is 0.274 e. The Kier molecular flexibility index (Phi) is 5.72. The number of fused-ring (bicyclic) bond motifs is 5. The Morgan fingerprint density at radius 1 is 1.03 bits per heavy atom. The van der Waals surface area contributed by atoms with Gasteiger partial charge in [0.05, 0.1) is 13.0 Å². The molecule has 7 nitrogen and oxygen atoms in total. The Labute approximate surface area is 192 Å². The van der Waals surface area contributed by atoms with Gasteiger partial charge in [0.1, 0.15) is 5.69 Å². The van der Waals surface area contributed by atoms with Gasteiger partial charge in [0.15, 0.2) is 0 Å². The maximum atomic E-state index is 13.3. The molecule has 2 bridgehead atoms. The van der Waals surface area contributed by atoms with E-state index in [1.54, 1.807) is 10.6 Å². The number of piperidine rings is 1. The van der Waals surface area contributed by atoms with Crippen LogP contribution in [0.15, 0.2) is 59.4 Å². The number of carbonyl (C=O) groups is 2. The summed E-state index contributed by atoms with van der Waals surface area (Å²) in [5.74, 6) is 0.108. The Bertz CT molecular complexity index is 1280. The number of amides is 2. The van der Waals surface area contributed by atoms with Crippen molar-refractivity contribution in [3.8, 4) is 0 Å². The van der Waals surface area contributed by atoms with E-state index >= 15 is 0 Å². The molecule has 7 heteroatoms. The molecule has 0 aliphatic carbocycles. The second-order valence-corrected chi connectivity index (χ2v) is 8.95. The summed E-state index contributed by atoms with van der Waals surface area (Å²) in [6.45, 7) is 2.07. The number of nitrogens with one attached hydrogen (secondary N) is 1. The molecule has 2 amide bonds. The third-order valence-corrected chi connectivity index (χ3v) is 6.70. The van der Waals surface area contributed by atoms with E-state index in [0.29, 0.717) is 37.5 Å². The third kappa shape index (κ3) is 4.16. The Morgan fingerprint density at radius 2 is 1.85 bits per heavy atom. The monoisotopic (exact) mass is 445 g/mol. The van der Waals surface area contributed by atoms with E-state index in [2.05, 4.69) is 5.32 Å². The lowest BCUT2D eigenvalue weighted by Gasteiger charge is -2.43. The van der Waals surface area contributed by atoms with Crippen molar-refractivity contribution in [2.75, 3.05) is 32.1 Å². The van der Waals surface area contributed by atoms with Crippen LogP contribution in [0.25, 0.3) is 10.8 Å². The zero-order chi connectivity index (χ0) is 22.9. The summed E-state index contributed by atoms with van der Waals surface area (Å²) in [4.78, 5) is 40.3. The number of hydrogen-bond acceptors (Lipinski definition) is 4. The molecule has 5 rings (SSSR count). The number of anilines is 1. The lowest BCUT2D eigenvalue weighted by molar-refractivity contribution is -0.117. The molecular formula is C26H27N3O4. The number of hydrogen-bond donors (Lipinski definition) is 1. The summed E-state index contributed by atoms with van der Waals surface area (Å²) in [6, 6.07) is 17.5. The van der Waals surface area contributed by atoms with Crippen molar-refractivity contribution in [3.05, 3.63) is 76.2 Å². The molecule has 1 aromatic heterocycles. The minimum absolute atomic E-state index is 0.0354. The summed E-state index contributed by atoms with van der Waals surface area (Å²) in [5.41, 5.74) is 1.74. The molecule has 170 valence electrons. The first-order chi connectivity index (χ1) is 16.0. The van der Waals surface area contributed by atoms with Gasteiger partial charge in [-0.3, -0.25) is 14.4 Å². The minimum Gasteiger partial charge on any atom is -0.384 e. The quantitative estimate of drug-likeness (QED) is 0.654. The standard InChI is InChI=1S/C26H27N3O4/c1-33-11-10-24(30)27-22-8-9-23-21-12-17(15-29(23)26(22)32)14-28(16-21)25(31)20-7-6-18-4-2-3-5-19(18)13-20/h2-9,13,17,21H,10-12,14-16H2,1H3,(H,27,30)/t17-,21-/m1/s1. The summed E-state index contributed by atoms with van der Waals surface area (Å²) in [5, 5.41) is 4.87. The summed E-state index contributed by atoms with van der Waals surface area (Å²) in [7, 11) is 1.54. The second kappa shape index (κ2) is 8.83. The summed E-state index contributed by atoms with van der Waals surface area (Å²) in [6.07, 6.45) is 1.16. The number of aromatic nitrogens is 1. The molecule has 33 heavy (non-hydrogen) atoms. The molecule has 3 heterocycles. The number of nitrogens with zero attached hydrogens (tertiary/aromatic N) is 2. The number of rotatable bonds is 5.